The molecule has 0 saturated heterocycles. The second-order valence-corrected chi connectivity index (χ2v) is 3.80. The Kier molecular flexibility index (Phi) is 4.05. The molecule has 4 heteroatoms. The fourth-order valence-corrected chi connectivity index (χ4v) is 1.68. The van der Waals surface area contributed by atoms with Gasteiger partial charge in [-0.2, -0.15) is 0 Å². The van der Waals surface area contributed by atoms with E-state index in [1.807, 2.05) is 0 Å². The second-order valence-electron chi connectivity index (χ2n) is 2.86. The van der Waals surface area contributed by atoms with E-state index >= 15 is 0 Å². The van der Waals surface area contributed by atoms with Gasteiger partial charge in [-0.15, -0.1) is 11.3 Å². The number of nitrogens with two attached hydrogens (primary N) is 1. The molecule has 0 unspecified atom stereocenters. The number of thiazole rings is 1. The molecule has 72 valence electrons. The maximum atomic E-state index is 11.4. The molecule has 0 amide bonds. The normalized spacial score (nSPS) is 10.3. The minimum atomic E-state index is 0.137. The Morgan fingerprint density at radius 2 is 2.46 bits per heavy atom. The van der Waals surface area contributed by atoms with Gasteiger partial charge in [-0.05, 0) is 6.42 Å². The Morgan fingerprint density at radius 1 is 1.69 bits per heavy atom. The Morgan fingerprint density at radius 3 is 3.00 bits per heavy atom. The highest BCUT2D eigenvalue weighted by atomic mass is 32.1. The number of ketones is 1. The summed E-state index contributed by atoms with van der Waals surface area (Å²) in [6.07, 6.45) is 2.58. The second kappa shape index (κ2) is 5.09. The van der Waals surface area contributed by atoms with Gasteiger partial charge >= 0.3 is 0 Å². The van der Waals surface area contributed by atoms with Crippen molar-refractivity contribution >= 4 is 17.1 Å². The van der Waals surface area contributed by atoms with Gasteiger partial charge in [0, 0.05) is 18.3 Å². The average Bonchev–Trinajstić information content (AvgIpc) is 2.62. The number of nitrogens with zero attached hydrogens (tertiary/aromatic N) is 1. The molecule has 1 rings (SSSR count). The summed E-state index contributed by atoms with van der Waals surface area (Å²) >= 11 is 1.45. The maximum Gasteiger partial charge on any atom is 0.182 e. The molecular formula is C9H14N2OS. The van der Waals surface area contributed by atoms with Gasteiger partial charge in [-0.3, -0.25) is 4.79 Å². The van der Waals surface area contributed by atoms with Gasteiger partial charge < -0.3 is 5.73 Å². The summed E-state index contributed by atoms with van der Waals surface area (Å²) in [6, 6.07) is 0. The van der Waals surface area contributed by atoms with E-state index < -0.39 is 0 Å². The topological polar surface area (TPSA) is 56.0 Å². The number of carbonyl (C=O) groups excluding carboxylic acids is 1. The van der Waals surface area contributed by atoms with Gasteiger partial charge in [0.2, 0.25) is 0 Å². The lowest BCUT2D eigenvalue weighted by Crippen LogP contribution is -2.01. The average molecular weight is 198 g/mol. The van der Waals surface area contributed by atoms with Crippen LogP contribution in [-0.4, -0.2) is 10.8 Å². The lowest BCUT2D eigenvalue weighted by atomic mass is 10.1. The first-order valence-electron chi connectivity index (χ1n) is 4.45. The number of aromatic nitrogens is 1. The third kappa shape index (κ3) is 2.90. The molecule has 0 radical (unpaired) electrons. The number of hydrogen-bond donors (Lipinski definition) is 1. The van der Waals surface area contributed by atoms with Crippen LogP contribution < -0.4 is 5.73 Å². The minimum Gasteiger partial charge on any atom is -0.325 e. The van der Waals surface area contributed by atoms with E-state index in [0.717, 1.165) is 17.8 Å². The molecule has 3 nitrogen and oxygen atoms in total. The van der Waals surface area contributed by atoms with Crippen molar-refractivity contribution in [2.24, 2.45) is 5.73 Å². The fraction of sp³-hybridized carbons (Fsp3) is 0.556. The Balaban J connectivity index is 2.55. The van der Waals surface area contributed by atoms with Crippen LogP contribution in [0.4, 0.5) is 0 Å². The molecule has 13 heavy (non-hydrogen) atoms. The van der Waals surface area contributed by atoms with Gasteiger partial charge in [-0.25, -0.2) is 4.98 Å². The van der Waals surface area contributed by atoms with Crippen molar-refractivity contribution in [3.8, 4) is 0 Å². The van der Waals surface area contributed by atoms with Gasteiger partial charge in [0.1, 0.15) is 10.7 Å². The van der Waals surface area contributed by atoms with Crippen LogP contribution in [0.15, 0.2) is 5.38 Å². The molecule has 2 N–H and O–H groups in total. The number of hydrogen-bond acceptors (Lipinski definition) is 4. The van der Waals surface area contributed by atoms with E-state index in [0.29, 0.717) is 18.7 Å². The number of Topliss-reactive ketones (excluding diaryl/α,β-unsaturated/α-hetero) is 1. The first-order chi connectivity index (χ1) is 6.27. The predicted octanol–water partition coefficient (Wildman–Crippen LogP) is 1.97. The zero-order chi connectivity index (χ0) is 9.68. The van der Waals surface area contributed by atoms with Crippen molar-refractivity contribution in [2.75, 3.05) is 0 Å². The van der Waals surface area contributed by atoms with Crippen LogP contribution in [0.5, 0.6) is 0 Å². The zero-order valence-corrected chi connectivity index (χ0v) is 8.56. The molecule has 1 heterocycles. The third-order valence-corrected chi connectivity index (χ3v) is 2.64. The quantitative estimate of drug-likeness (QED) is 0.736. The molecule has 1 aromatic heterocycles. The summed E-state index contributed by atoms with van der Waals surface area (Å²) in [6.45, 7) is 2.49. The highest BCUT2D eigenvalue weighted by molar-refractivity contribution is 7.09. The van der Waals surface area contributed by atoms with Crippen LogP contribution in [-0.2, 0) is 6.54 Å². The lowest BCUT2D eigenvalue weighted by Gasteiger charge is -1.93. The third-order valence-electron chi connectivity index (χ3n) is 1.77. The molecule has 0 saturated carbocycles. The highest BCUT2D eigenvalue weighted by Crippen LogP contribution is 2.11. The zero-order valence-electron chi connectivity index (χ0n) is 7.75. The van der Waals surface area contributed by atoms with Crippen LogP contribution in [0.2, 0.25) is 0 Å². The van der Waals surface area contributed by atoms with E-state index in [1.165, 1.54) is 11.3 Å². The van der Waals surface area contributed by atoms with E-state index in [2.05, 4.69) is 11.9 Å². The molecule has 0 spiro atoms. The standard InChI is InChI=1S/C9H14N2OS/c1-2-3-4-8(12)7-6-13-9(5-10)11-7/h6H,2-5,10H2,1H3. The van der Waals surface area contributed by atoms with Crippen LogP contribution in [0, 0.1) is 0 Å². The van der Waals surface area contributed by atoms with Crippen molar-refractivity contribution in [3.05, 3.63) is 16.1 Å². The highest BCUT2D eigenvalue weighted by Gasteiger charge is 2.08. The lowest BCUT2D eigenvalue weighted by molar-refractivity contribution is 0.0975. The van der Waals surface area contributed by atoms with Crippen LogP contribution in [0.3, 0.4) is 0 Å². The molecular weight excluding hydrogens is 184 g/mol. The van der Waals surface area contributed by atoms with Crippen molar-refractivity contribution in [1.29, 1.82) is 0 Å². The summed E-state index contributed by atoms with van der Waals surface area (Å²) in [4.78, 5) is 15.6. The summed E-state index contributed by atoms with van der Waals surface area (Å²) in [5.74, 6) is 0.137. The predicted molar refractivity (Wildman–Crippen MR) is 53.9 cm³/mol. The van der Waals surface area contributed by atoms with Crippen molar-refractivity contribution in [3.63, 3.8) is 0 Å². The molecule has 0 bridgehead atoms. The van der Waals surface area contributed by atoms with Crippen molar-refractivity contribution in [1.82, 2.24) is 4.98 Å². The van der Waals surface area contributed by atoms with Crippen molar-refractivity contribution in [2.45, 2.75) is 32.7 Å². The monoisotopic (exact) mass is 198 g/mol. The fourth-order valence-electron chi connectivity index (χ4n) is 0.998. The van der Waals surface area contributed by atoms with E-state index in [-0.39, 0.29) is 5.78 Å². The van der Waals surface area contributed by atoms with E-state index in [1.54, 1.807) is 5.38 Å². The van der Waals surface area contributed by atoms with Gasteiger partial charge in [0.05, 0.1) is 0 Å². The molecule has 0 aliphatic carbocycles. The molecule has 1 aromatic rings. The molecule has 0 fully saturated rings. The van der Waals surface area contributed by atoms with E-state index in [4.69, 9.17) is 5.73 Å². The largest absolute Gasteiger partial charge is 0.325 e. The SMILES string of the molecule is CCCCC(=O)c1csc(CN)n1. The smallest absolute Gasteiger partial charge is 0.182 e. The first-order valence-corrected chi connectivity index (χ1v) is 5.33. The Labute approximate surface area is 82.0 Å². The maximum absolute atomic E-state index is 11.4. The van der Waals surface area contributed by atoms with Gasteiger partial charge in [-0.1, -0.05) is 13.3 Å². The molecule has 0 atom stereocenters. The number of rotatable bonds is 5. The van der Waals surface area contributed by atoms with Gasteiger partial charge in [0.25, 0.3) is 0 Å². The Bertz CT molecular complexity index is 283. The molecule has 0 aliphatic heterocycles. The van der Waals surface area contributed by atoms with Crippen LogP contribution in [0.25, 0.3) is 0 Å². The van der Waals surface area contributed by atoms with Crippen molar-refractivity contribution < 1.29 is 4.79 Å². The molecule has 0 aliphatic rings. The van der Waals surface area contributed by atoms with E-state index in [9.17, 15) is 4.79 Å². The molecule has 0 aromatic carbocycles. The van der Waals surface area contributed by atoms with Crippen LogP contribution >= 0.6 is 11.3 Å². The summed E-state index contributed by atoms with van der Waals surface area (Å²) in [7, 11) is 0. The summed E-state index contributed by atoms with van der Waals surface area (Å²) in [5, 5.41) is 2.63. The first kappa shape index (κ1) is 10.3. The van der Waals surface area contributed by atoms with Crippen LogP contribution in [0.1, 0.15) is 41.7 Å². The summed E-state index contributed by atoms with van der Waals surface area (Å²) in [5.41, 5.74) is 5.98. The summed E-state index contributed by atoms with van der Waals surface area (Å²) < 4.78 is 0. The number of unbranched alkanes of at least 4 members (excludes halogenated alkanes) is 1. The van der Waals surface area contributed by atoms with Gasteiger partial charge in [0.15, 0.2) is 5.78 Å². The Hall–Kier alpha value is -0.740. The number of carbonyl (C=O) groups is 1. The minimum absolute atomic E-state index is 0.137.